The van der Waals surface area contributed by atoms with Gasteiger partial charge in [0, 0.05) is 29.7 Å². The summed E-state index contributed by atoms with van der Waals surface area (Å²) < 4.78 is 38.2. The van der Waals surface area contributed by atoms with E-state index in [-0.39, 0.29) is 18.4 Å². The summed E-state index contributed by atoms with van der Waals surface area (Å²) in [4.78, 5) is 2.05. The average Bonchev–Trinajstić information content (AvgIpc) is 2.41. The largest absolute Gasteiger partial charge is 0.295 e. The van der Waals surface area contributed by atoms with Gasteiger partial charge in [0.05, 0.1) is 0 Å². The first-order chi connectivity index (χ1) is 9.87. The highest BCUT2D eigenvalue weighted by Crippen LogP contribution is 2.25. The van der Waals surface area contributed by atoms with Gasteiger partial charge in [0.25, 0.3) is 10.2 Å². The monoisotopic (exact) mass is 335 g/mol. The lowest BCUT2D eigenvalue weighted by molar-refractivity contribution is 0.140. The predicted octanol–water partition coefficient (Wildman–Crippen LogP) is 1.63. The fraction of sp³-hybridized carbons (Fsp3) is 0.538. The number of nitrogens with two attached hydrogens (primary N) is 1. The molecule has 1 aliphatic rings. The van der Waals surface area contributed by atoms with Gasteiger partial charge in [-0.3, -0.25) is 4.90 Å². The topological polar surface area (TPSA) is 75.4 Å². The third kappa shape index (κ3) is 4.89. The smallest absolute Gasteiger partial charge is 0.274 e. The summed E-state index contributed by atoms with van der Waals surface area (Å²) in [6, 6.07) is 4.59. The summed E-state index contributed by atoms with van der Waals surface area (Å²) in [6.07, 6.45) is 2.85. The second kappa shape index (κ2) is 7.02. The molecule has 0 aliphatic carbocycles. The molecular weight excluding hydrogens is 317 g/mol. The van der Waals surface area contributed by atoms with Gasteiger partial charge in [0.2, 0.25) is 0 Å². The fourth-order valence-electron chi connectivity index (χ4n) is 2.60. The van der Waals surface area contributed by atoms with Gasteiger partial charge in [-0.15, -0.1) is 0 Å². The molecular formula is C13H19ClFN3O2S. The molecule has 5 nitrogen and oxygen atoms in total. The molecule has 0 spiro atoms. The Labute approximate surface area is 129 Å². The van der Waals surface area contributed by atoms with Crippen molar-refractivity contribution in [2.75, 3.05) is 13.1 Å². The number of halogens is 2. The van der Waals surface area contributed by atoms with E-state index in [1.807, 2.05) is 4.90 Å². The molecule has 1 aliphatic heterocycles. The molecule has 2 rings (SSSR count). The first-order valence-corrected chi connectivity index (χ1v) is 8.73. The maximum Gasteiger partial charge on any atom is 0.274 e. The lowest BCUT2D eigenvalue weighted by atomic mass is 10.0. The summed E-state index contributed by atoms with van der Waals surface area (Å²) in [5.74, 6) is -0.341. The van der Waals surface area contributed by atoms with E-state index in [0.29, 0.717) is 17.1 Å². The number of likely N-dealkylation sites (tertiary alicyclic amines) is 1. The molecule has 1 aromatic carbocycles. The minimum atomic E-state index is -3.71. The molecule has 0 saturated carbocycles. The van der Waals surface area contributed by atoms with Crippen molar-refractivity contribution in [1.82, 2.24) is 9.62 Å². The Kier molecular flexibility index (Phi) is 5.56. The lowest BCUT2D eigenvalue weighted by Crippen LogP contribution is -2.47. The summed E-state index contributed by atoms with van der Waals surface area (Å²) in [6.45, 7) is 1.37. The molecule has 0 unspecified atom stereocenters. The summed E-state index contributed by atoms with van der Waals surface area (Å²) in [5, 5.41) is 5.35. The quantitative estimate of drug-likeness (QED) is 0.858. The zero-order valence-corrected chi connectivity index (χ0v) is 13.1. The molecule has 118 valence electrons. The van der Waals surface area contributed by atoms with Gasteiger partial charge in [-0.05, 0) is 31.5 Å². The lowest BCUT2D eigenvalue weighted by Gasteiger charge is -2.35. The van der Waals surface area contributed by atoms with Crippen LogP contribution in [0.5, 0.6) is 0 Å². The van der Waals surface area contributed by atoms with Crippen LogP contribution < -0.4 is 9.86 Å². The molecule has 1 atom stereocenters. The van der Waals surface area contributed by atoms with Gasteiger partial charge >= 0.3 is 0 Å². The molecule has 1 saturated heterocycles. The number of hydrogen-bond donors (Lipinski definition) is 2. The molecule has 1 heterocycles. The van der Waals surface area contributed by atoms with E-state index >= 15 is 0 Å². The Balaban J connectivity index is 2.08. The minimum Gasteiger partial charge on any atom is -0.295 e. The highest BCUT2D eigenvalue weighted by Gasteiger charge is 2.24. The zero-order chi connectivity index (χ0) is 15.5. The second-order valence-electron chi connectivity index (χ2n) is 5.21. The molecule has 8 heteroatoms. The Bertz CT molecular complexity index is 577. The highest BCUT2D eigenvalue weighted by atomic mass is 35.5. The van der Waals surface area contributed by atoms with Crippen LogP contribution in [-0.2, 0) is 16.8 Å². The molecule has 0 aromatic heterocycles. The fourth-order valence-corrected chi connectivity index (χ4v) is 3.25. The van der Waals surface area contributed by atoms with E-state index in [0.717, 1.165) is 25.8 Å². The van der Waals surface area contributed by atoms with Crippen molar-refractivity contribution in [2.24, 2.45) is 5.14 Å². The van der Waals surface area contributed by atoms with Crippen molar-refractivity contribution >= 4 is 21.8 Å². The van der Waals surface area contributed by atoms with Crippen LogP contribution in [0.4, 0.5) is 4.39 Å². The number of piperidine rings is 1. The summed E-state index contributed by atoms with van der Waals surface area (Å²) in [5.41, 5.74) is 0.446. The van der Waals surface area contributed by atoms with Crippen LogP contribution in [-0.4, -0.2) is 32.4 Å². The van der Waals surface area contributed by atoms with E-state index in [1.165, 1.54) is 6.07 Å². The maximum atomic E-state index is 13.9. The van der Waals surface area contributed by atoms with E-state index in [9.17, 15) is 12.8 Å². The molecule has 0 radical (unpaired) electrons. The minimum absolute atomic E-state index is 0.00672. The van der Waals surface area contributed by atoms with Crippen molar-refractivity contribution in [1.29, 1.82) is 0 Å². The van der Waals surface area contributed by atoms with Gasteiger partial charge in [-0.2, -0.15) is 8.42 Å². The van der Waals surface area contributed by atoms with Gasteiger partial charge in [-0.25, -0.2) is 14.3 Å². The first-order valence-electron chi connectivity index (χ1n) is 6.81. The van der Waals surface area contributed by atoms with Crippen molar-refractivity contribution < 1.29 is 12.8 Å². The standard InChI is InChI=1S/C13H19ClFN3O2S/c14-12-5-3-6-13(15)11(12)9-18-7-2-1-4-10(18)8-17-21(16,19)20/h3,5-6,10,17H,1-2,4,7-9H2,(H2,16,19,20)/t10-/m0/s1. The summed E-state index contributed by atoms with van der Waals surface area (Å²) >= 11 is 6.05. The van der Waals surface area contributed by atoms with Crippen LogP contribution in [0.1, 0.15) is 24.8 Å². The molecule has 1 aromatic rings. The SMILES string of the molecule is NS(=O)(=O)NC[C@@H]1CCCCN1Cc1c(F)cccc1Cl. The second-order valence-corrected chi connectivity index (χ2v) is 7.00. The van der Waals surface area contributed by atoms with Crippen molar-refractivity contribution in [3.05, 3.63) is 34.6 Å². The zero-order valence-electron chi connectivity index (χ0n) is 11.6. The number of hydrogen-bond acceptors (Lipinski definition) is 3. The maximum absolute atomic E-state index is 13.9. The van der Waals surface area contributed by atoms with Crippen molar-refractivity contribution in [3.63, 3.8) is 0 Å². The molecule has 3 N–H and O–H groups in total. The number of rotatable bonds is 5. The van der Waals surface area contributed by atoms with Gasteiger partial charge in [0.1, 0.15) is 5.82 Å². The average molecular weight is 336 g/mol. The Hall–Kier alpha value is -0.730. The van der Waals surface area contributed by atoms with E-state index < -0.39 is 10.2 Å². The third-order valence-electron chi connectivity index (χ3n) is 3.69. The van der Waals surface area contributed by atoms with Gasteiger partial charge in [-0.1, -0.05) is 24.1 Å². The van der Waals surface area contributed by atoms with Crippen LogP contribution in [0.2, 0.25) is 5.02 Å². The van der Waals surface area contributed by atoms with Crippen LogP contribution in [0, 0.1) is 5.82 Å². The van der Waals surface area contributed by atoms with Crippen LogP contribution in [0.25, 0.3) is 0 Å². The number of nitrogens with zero attached hydrogens (tertiary/aromatic N) is 1. The molecule has 0 amide bonds. The van der Waals surface area contributed by atoms with E-state index in [4.69, 9.17) is 16.7 Å². The predicted molar refractivity (Wildman–Crippen MR) is 80.6 cm³/mol. The highest BCUT2D eigenvalue weighted by molar-refractivity contribution is 7.87. The first kappa shape index (κ1) is 16.6. The third-order valence-corrected chi connectivity index (χ3v) is 4.62. The number of benzene rings is 1. The van der Waals surface area contributed by atoms with E-state index in [2.05, 4.69) is 4.72 Å². The molecule has 0 bridgehead atoms. The summed E-state index contributed by atoms with van der Waals surface area (Å²) in [7, 11) is -3.71. The van der Waals surface area contributed by atoms with Gasteiger partial charge < -0.3 is 0 Å². The molecule has 21 heavy (non-hydrogen) atoms. The van der Waals surface area contributed by atoms with Crippen molar-refractivity contribution in [3.8, 4) is 0 Å². The normalized spacial score (nSPS) is 20.6. The van der Waals surface area contributed by atoms with Crippen molar-refractivity contribution in [2.45, 2.75) is 31.8 Å². The molecule has 1 fully saturated rings. The van der Waals surface area contributed by atoms with Gasteiger partial charge in [0.15, 0.2) is 0 Å². The van der Waals surface area contributed by atoms with Crippen LogP contribution in [0.3, 0.4) is 0 Å². The van der Waals surface area contributed by atoms with Crippen LogP contribution in [0.15, 0.2) is 18.2 Å². The Morgan fingerprint density at radius 3 is 2.86 bits per heavy atom. The van der Waals surface area contributed by atoms with Crippen LogP contribution >= 0.6 is 11.6 Å². The number of nitrogens with one attached hydrogen (secondary N) is 1. The Morgan fingerprint density at radius 1 is 1.43 bits per heavy atom. The Morgan fingerprint density at radius 2 is 2.19 bits per heavy atom. The van der Waals surface area contributed by atoms with E-state index in [1.54, 1.807) is 12.1 Å².